The summed E-state index contributed by atoms with van der Waals surface area (Å²) in [7, 11) is 0. The maximum atomic E-state index is 14.4. The van der Waals surface area contributed by atoms with Gasteiger partial charge in [-0.15, -0.1) is 5.10 Å². The minimum absolute atomic E-state index is 0.0631. The number of likely N-dealkylation sites (tertiary alicyclic amines) is 1. The van der Waals surface area contributed by atoms with Crippen LogP contribution in [0.4, 0.5) is 4.39 Å². The Hall–Kier alpha value is -4.27. The van der Waals surface area contributed by atoms with Gasteiger partial charge in [-0.05, 0) is 68.4 Å². The van der Waals surface area contributed by atoms with Gasteiger partial charge in [-0.2, -0.15) is 5.26 Å². The van der Waals surface area contributed by atoms with Crippen molar-refractivity contribution in [3.05, 3.63) is 76.5 Å². The van der Waals surface area contributed by atoms with Gasteiger partial charge in [0.05, 0.1) is 53.5 Å². The van der Waals surface area contributed by atoms with Crippen LogP contribution >= 0.6 is 0 Å². The lowest BCUT2D eigenvalue weighted by molar-refractivity contribution is -0.0592. The van der Waals surface area contributed by atoms with Crippen molar-refractivity contribution < 1.29 is 23.8 Å². The summed E-state index contributed by atoms with van der Waals surface area (Å²) in [6.07, 6.45) is 7.28. The summed E-state index contributed by atoms with van der Waals surface area (Å²) in [4.78, 5) is 18.9. The normalized spacial score (nSPS) is 19.3. The van der Waals surface area contributed by atoms with Gasteiger partial charge in [0.1, 0.15) is 18.2 Å². The Morgan fingerprint density at radius 3 is 2.63 bits per heavy atom. The predicted molar refractivity (Wildman–Crippen MR) is 154 cm³/mol. The van der Waals surface area contributed by atoms with E-state index in [9.17, 15) is 14.3 Å². The molecule has 3 fully saturated rings. The van der Waals surface area contributed by atoms with Crippen LogP contribution < -0.4 is 4.74 Å². The van der Waals surface area contributed by atoms with Crippen LogP contribution in [0.5, 0.6) is 5.88 Å². The number of aromatic carboxylic acids is 1. The van der Waals surface area contributed by atoms with Crippen LogP contribution in [0.15, 0.2) is 42.6 Å². The zero-order valence-electron chi connectivity index (χ0n) is 23.8. The minimum Gasteiger partial charge on any atom is -0.478 e. The summed E-state index contributed by atoms with van der Waals surface area (Å²) >= 11 is 0. The van der Waals surface area contributed by atoms with E-state index in [1.165, 1.54) is 6.07 Å². The molecular weight excluding hydrogens is 551 g/mol. The smallest absolute Gasteiger partial charge is 0.335 e. The number of rotatable bonds is 10. The largest absolute Gasteiger partial charge is 0.478 e. The number of aromatic nitrogens is 4. The van der Waals surface area contributed by atoms with Gasteiger partial charge >= 0.3 is 5.97 Å². The average Bonchev–Trinajstić information content (AvgIpc) is 3.66. The van der Waals surface area contributed by atoms with Crippen molar-refractivity contribution >= 4 is 17.0 Å². The third kappa shape index (κ3) is 5.72. The van der Waals surface area contributed by atoms with E-state index in [0.717, 1.165) is 74.2 Å². The average molecular weight is 585 g/mol. The molecule has 0 bridgehead atoms. The first-order valence-corrected chi connectivity index (χ1v) is 14.9. The summed E-state index contributed by atoms with van der Waals surface area (Å²) in [6.45, 7) is 3.91. The molecule has 1 unspecified atom stereocenters. The van der Waals surface area contributed by atoms with Crippen molar-refractivity contribution in [1.82, 2.24) is 24.2 Å². The number of carbonyl (C=O) groups is 1. The highest BCUT2D eigenvalue weighted by Crippen LogP contribution is 2.45. The highest BCUT2D eigenvalue weighted by atomic mass is 19.1. The molecule has 3 aliphatic rings. The first-order chi connectivity index (χ1) is 20.9. The second-order valence-electron chi connectivity index (χ2n) is 11.8. The van der Waals surface area contributed by atoms with Crippen LogP contribution in [0.25, 0.3) is 11.0 Å². The number of ether oxygens (including phenoxy) is 2. The fourth-order valence-corrected chi connectivity index (χ4v) is 6.05. The number of benzene rings is 2. The molecule has 0 radical (unpaired) electrons. The molecule has 2 aromatic carbocycles. The summed E-state index contributed by atoms with van der Waals surface area (Å²) in [5.41, 5.74) is 3.66. The molecule has 43 heavy (non-hydrogen) atoms. The fourth-order valence-electron chi connectivity index (χ4n) is 6.05. The first-order valence-electron chi connectivity index (χ1n) is 14.9. The first kappa shape index (κ1) is 27.6. The number of piperidine rings is 1. The molecule has 0 amide bonds. The maximum absolute atomic E-state index is 14.4. The van der Waals surface area contributed by atoms with Crippen molar-refractivity contribution in [1.29, 1.82) is 5.26 Å². The Bertz CT molecular complexity index is 1710. The van der Waals surface area contributed by atoms with Crippen molar-refractivity contribution in [3.63, 3.8) is 0 Å². The molecule has 2 aliphatic heterocycles. The molecule has 4 heterocycles. The Labute approximate surface area is 248 Å². The van der Waals surface area contributed by atoms with Crippen LogP contribution in [0, 0.1) is 17.1 Å². The number of nitrogens with zero attached hydrogens (tertiary/aromatic N) is 6. The lowest BCUT2D eigenvalue weighted by Crippen LogP contribution is -2.36. The fraction of sp³-hybridized carbons (Fsp3) is 0.438. The molecule has 222 valence electrons. The van der Waals surface area contributed by atoms with Crippen LogP contribution in [0.3, 0.4) is 0 Å². The molecule has 11 heteroatoms. The Kier molecular flexibility index (Phi) is 7.33. The van der Waals surface area contributed by atoms with Crippen molar-refractivity contribution in [2.45, 2.75) is 69.9 Å². The number of carboxylic acids is 1. The maximum Gasteiger partial charge on any atom is 0.335 e. The predicted octanol–water partition coefficient (Wildman–Crippen LogP) is 5.02. The topological polar surface area (TPSA) is 118 Å². The number of hydrogen-bond donors (Lipinski definition) is 1. The van der Waals surface area contributed by atoms with Crippen molar-refractivity contribution in [2.75, 3.05) is 19.7 Å². The monoisotopic (exact) mass is 584 g/mol. The van der Waals surface area contributed by atoms with Gasteiger partial charge in [0.25, 0.3) is 0 Å². The van der Waals surface area contributed by atoms with Crippen LogP contribution in [-0.4, -0.2) is 61.1 Å². The van der Waals surface area contributed by atoms with E-state index in [2.05, 4.69) is 15.7 Å². The van der Waals surface area contributed by atoms with Gasteiger partial charge in [-0.3, -0.25) is 9.58 Å². The Morgan fingerprint density at radius 2 is 1.95 bits per heavy atom. The molecule has 0 spiro atoms. The number of carboxylic acid groups (broad SMARTS) is 1. The molecule has 10 nitrogen and oxygen atoms in total. The van der Waals surface area contributed by atoms with E-state index in [1.807, 2.05) is 10.8 Å². The lowest BCUT2D eigenvalue weighted by atomic mass is 10.1. The highest BCUT2D eigenvalue weighted by Gasteiger charge is 2.32. The van der Waals surface area contributed by atoms with Gasteiger partial charge in [-0.1, -0.05) is 6.07 Å². The van der Waals surface area contributed by atoms with E-state index in [1.54, 1.807) is 30.3 Å². The number of imidazole rings is 1. The molecule has 2 saturated heterocycles. The van der Waals surface area contributed by atoms with E-state index in [4.69, 9.17) is 24.8 Å². The van der Waals surface area contributed by atoms with Gasteiger partial charge in [-0.25, -0.2) is 14.2 Å². The van der Waals surface area contributed by atoms with Crippen molar-refractivity contribution in [3.8, 4) is 11.9 Å². The number of nitriles is 1. The molecule has 7 rings (SSSR count). The summed E-state index contributed by atoms with van der Waals surface area (Å²) in [5.74, 6) is 0.532. The van der Waals surface area contributed by atoms with E-state index in [-0.39, 0.29) is 29.9 Å². The van der Waals surface area contributed by atoms with Crippen LogP contribution in [-0.2, 0) is 24.4 Å². The number of fused-ring (bicyclic) bond motifs is 1. The van der Waals surface area contributed by atoms with Crippen LogP contribution in [0.2, 0.25) is 0 Å². The molecule has 1 saturated carbocycles. The van der Waals surface area contributed by atoms with Gasteiger partial charge in [0, 0.05) is 37.0 Å². The highest BCUT2D eigenvalue weighted by molar-refractivity contribution is 5.92. The zero-order chi connectivity index (χ0) is 29.5. The van der Waals surface area contributed by atoms with E-state index < -0.39 is 11.8 Å². The summed E-state index contributed by atoms with van der Waals surface area (Å²) in [5, 5.41) is 23.3. The third-order valence-electron chi connectivity index (χ3n) is 8.84. The second kappa shape index (κ2) is 11.4. The quantitative estimate of drug-likeness (QED) is 0.276. The molecule has 1 aliphatic carbocycles. The second-order valence-corrected chi connectivity index (χ2v) is 11.8. The van der Waals surface area contributed by atoms with Crippen molar-refractivity contribution in [2.24, 2.45) is 0 Å². The number of halogens is 1. The molecule has 1 atom stereocenters. The zero-order valence-corrected chi connectivity index (χ0v) is 23.8. The molecule has 1 N–H and O–H groups in total. The SMILES string of the molecule is N#Cc1ccc(COc2nn(C3CCN(Cc4nc5ccc(C(=O)O)cc5n4CC4CCO4)CC3)cc2C2CC2)c(F)c1. The van der Waals surface area contributed by atoms with Gasteiger partial charge < -0.3 is 19.1 Å². The Morgan fingerprint density at radius 1 is 1.14 bits per heavy atom. The Balaban J connectivity index is 1.03. The van der Waals surface area contributed by atoms with Gasteiger partial charge in [0.2, 0.25) is 5.88 Å². The summed E-state index contributed by atoms with van der Waals surface area (Å²) in [6, 6.07) is 11.7. The molecule has 2 aromatic heterocycles. The molecule has 4 aromatic rings. The van der Waals surface area contributed by atoms with Crippen LogP contribution in [0.1, 0.15) is 76.9 Å². The lowest BCUT2D eigenvalue weighted by Gasteiger charge is -2.32. The number of hydrogen-bond acceptors (Lipinski definition) is 7. The molecular formula is C32H33FN6O4. The minimum atomic E-state index is -0.948. The third-order valence-corrected chi connectivity index (χ3v) is 8.84. The summed E-state index contributed by atoms with van der Waals surface area (Å²) < 4.78 is 30.3. The van der Waals surface area contributed by atoms with E-state index >= 15 is 0 Å². The van der Waals surface area contributed by atoms with E-state index in [0.29, 0.717) is 30.5 Å². The van der Waals surface area contributed by atoms with Gasteiger partial charge in [0.15, 0.2) is 0 Å². The standard InChI is InChI=1S/C32H33FN6O4/c33-27-13-20(15-34)1-2-23(27)19-43-31-26(21-3-4-21)17-39(36-31)24-7-10-37(11-8-24)18-30-35-28-6-5-22(32(40)41)14-29(28)38(30)16-25-9-12-42-25/h1-2,5-6,13-14,17,21,24-25H,3-4,7-12,16,18-19H2,(H,40,41).